The van der Waals surface area contributed by atoms with Gasteiger partial charge in [-0.1, -0.05) is 32.0 Å². The van der Waals surface area contributed by atoms with Crippen LogP contribution in [0, 0.1) is 23.6 Å². The van der Waals surface area contributed by atoms with Gasteiger partial charge >= 0.3 is 12.1 Å². The predicted octanol–water partition coefficient (Wildman–Crippen LogP) is 8.85. The third-order valence-corrected chi connectivity index (χ3v) is 19.8. The van der Waals surface area contributed by atoms with Gasteiger partial charge in [-0.05, 0) is 180 Å². The van der Waals surface area contributed by atoms with Gasteiger partial charge < -0.3 is 39.3 Å². The van der Waals surface area contributed by atoms with Crippen LogP contribution in [0.4, 0.5) is 20.7 Å². The summed E-state index contributed by atoms with van der Waals surface area (Å²) in [5, 5.41) is 26.9. The number of benzene rings is 3. The third kappa shape index (κ3) is 10.9. The van der Waals surface area contributed by atoms with Crippen LogP contribution in [-0.2, 0) is 38.4 Å². The number of pyridine rings is 1. The second-order valence-electron chi connectivity index (χ2n) is 25.1. The lowest BCUT2D eigenvalue weighted by Gasteiger charge is -2.38. The zero-order valence-electron chi connectivity index (χ0n) is 48.2. The van der Waals surface area contributed by atoms with Crippen LogP contribution in [-0.4, -0.2) is 153 Å². The van der Waals surface area contributed by atoms with E-state index in [4.69, 9.17) is 24.4 Å². The summed E-state index contributed by atoms with van der Waals surface area (Å²) in [7, 11) is 1.82. The van der Waals surface area contributed by atoms with Crippen LogP contribution < -0.4 is 19.9 Å². The molecule has 3 N–H and O–H groups in total. The number of hydrogen-bond donors (Lipinski definition) is 3. The molecule has 17 nitrogen and oxygen atoms in total. The van der Waals surface area contributed by atoms with Crippen molar-refractivity contribution in [3.8, 4) is 23.0 Å². The van der Waals surface area contributed by atoms with E-state index in [9.17, 15) is 29.4 Å². The van der Waals surface area contributed by atoms with Gasteiger partial charge in [-0.25, -0.2) is 9.18 Å². The average molecular weight is 1120 g/mol. The van der Waals surface area contributed by atoms with Crippen molar-refractivity contribution < 1.29 is 43.3 Å². The number of anilines is 2. The van der Waals surface area contributed by atoms with E-state index in [1.54, 1.807) is 29.3 Å². The van der Waals surface area contributed by atoms with Crippen molar-refractivity contribution in [3.63, 3.8) is 0 Å². The van der Waals surface area contributed by atoms with Gasteiger partial charge in [0.25, 0.3) is 0 Å². The lowest BCUT2D eigenvalue weighted by Crippen LogP contribution is -2.48. The zero-order chi connectivity index (χ0) is 57.0. The summed E-state index contributed by atoms with van der Waals surface area (Å²) < 4.78 is 28.4. The van der Waals surface area contributed by atoms with Gasteiger partial charge in [0, 0.05) is 81.8 Å². The highest BCUT2D eigenvalue weighted by atomic mass is 19.1. The molecule has 436 valence electrons. The smallest absolute Gasteiger partial charge is 0.409 e. The Kier molecular flexibility index (Phi) is 15.7. The Hall–Kier alpha value is -6.50. The quantitative estimate of drug-likeness (QED) is 0.0947. The van der Waals surface area contributed by atoms with Crippen molar-refractivity contribution in [3.05, 3.63) is 76.7 Å². The number of phenols is 1. The zero-order valence-corrected chi connectivity index (χ0v) is 48.2. The maximum Gasteiger partial charge on any atom is 0.409 e. The molecule has 0 bridgehead atoms. The number of ether oxygens (including phenoxy) is 2. The summed E-state index contributed by atoms with van der Waals surface area (Å²) in [5.41, 5.74) is 5.40. The fourth-order valence-electron chi connectivity index (χ4n) is 15.5. The molecule has 7 atom stereocenters. The molecule has 5 aromatic rings. The number of amides is 4. The van der Waals surface area contributed by atoms with Gasteiger partial charge in [0.15, 0.2) is 0 Å². The number of fused-ring (bicyclic) bond motifs is 4. The van der Waals surface area contributed by atoms with Crippen LogP contribution in [0.5, 0.6) is 11.8 Å². The highest BCUT2D eigenvalue weighted by Crippen LogP contribution is 2.45. The number of carbonyl (C=O) groups is 4. The molecule has 0 saturated carbocycles. The predicted molar refractivity (Wildman–Crippen MR) is 312 cm³/mol. The molecule has 12 rings (SSSR count). The number of halogens is 1. The van der Waals surface area contributed by atoms with E-state index >= 15 is 4.39 Å². The Morgan fingerprint density at radius 1 is 0.866 bits per heavy atom. The number of likely N-dealkylation sites (tertiary alicyclic amines) is 2. The number of nitrogens with zero attached hydrogens (tertiary/aromatic N) is 8. The largest absolute Gasteiger partial charge is 0.508 e. The summed E-state index contributed by atoms with van der Waals surface area (Å²) in [4.78, 5) is 78.4. The Labute approximate surface area is 479 Å². The number of aromatic hydroxyl groups is 1. The number of imide groups is 1. The van der Waals surface area contributed by atoms with Gasteiger partial charge in [-0.2, -0.15) is 9.97 Å². The lowest BCUT2D eigenvalue weighted by atomic mass is 9.81. The van der Waals surface area contributed by atoms with Crippen molar-refractivity contribution >= 4 is 57.0 Å². The Balaban J connectivity index is 0.677. The summed E-state index contributed by atoms with van der Waals surface area (Å²) >= 11 is 0. The highest BCUT2D eigenvalue weighted by Gasteiger charge is 2.50. The Morgan fingerprint density at radius 2 is 1.70 bits per heavy atom. The summed E-state index contributed by atoms with van der Waals surface area (Å²) in [6.07, 6.45) is 13.6. The molecule has 0 spiro atoms. The lowest BCUT2D eigenvalue weighted by molar-refractivity contribution is -0.141. The SMILES string of the molecule is CCc1c(-c2cc(O)cc3ccc(F)c(CC)c23)ncc2c(N3CCC[C@@](C)(O)C3)nc(OC[C@@]34CCCN3[C@H](COC(=O)N3CCCC(CN5CCC(c6ccc7c(c6)N(C)C(=O)C(C6CCC(=O)NC6=O)CC7)C5)CC3)CC4)nc12. The van der Waals surface area contributed by atoms with E-state index < -0.39 is 17.4 Å². The molecule has 6 fully saturated rings. The number of phenolic OH excluding ortho intramolecular Hbond substituents is 1. The summed E-state index contributed by atoms with van der Waals surface area (Å²) in [6.45, 7) is 12.8. The first-order valence-electron chi connectivity index (χ1n) is 30.5. The molecule has 9 heterocycles. The van der Waals surface area contributed by atoms with E-state index in [1.807, 2.05) is 32.7 Å². The molecular formula is C64H80FN9O8. The number of hydrogen-bond acceptors (Lipinski definition) is 14. The van der Waals surface area contributed by atoms with Crippen LogP contribution >= 0.6 is 0 Å². The Morgan fingerprint density at radius 3 is 2.51 bits per heavy atom. The number of β-amino-alcohol motifs (C(OH)–C–C–N with tert-alkyl or cyclic N) is 1. The van der Waals surface area contributed by atoms with Crippen molar-refractivity contribution in [2.75, 3.05) is 82.4 Å². The topological polar surface area (TPSA) is 194 Å². The first-order chi connectivity index (χ1) is 39.6. The number of carbonyl (C=O) groups excluding carboxylic acids is 4. The third-order valence-electron chi connectivity index (χ3n) is 19.8. The highest BCUT2D eigenvalue weighted by molar-refractivity contribution is 6.04. The molecule has 3 aromatic carbocycles. The fraction of sp³-hybridized carbons (Fsp3) is 0.578. The van der Waals surface area contributed by atoms with Crippen LogP contribution in [0.3, 0.4) is 0 Å². The molecular weight excluding hydrogens is 1040 g/mol. The van der Waals surface area contributed by atoms with E-state index in [2.05, 4.69) is 38.2 Å². The van der Waals surface area contributed by atoms with E-state index in [1.165, 1.54) is 11.6 Å². The summed E-state index contributed by atoms with van der Waals surface area (Å²) in [5.74, 6) is -0.348. The van der Waals surface area contributed by atoms with Crippen molar-refractivity contribution in [2.24, 2.45) is 17.8 Å². The van der Waals surface area contributed by atoms with Gasteiger partial charge in [0.05, 0.1) is 39.6 Å². The maximum absolute atomic E-state index is 15.4. The number of rotatable bonds is 13. The normalized spacial score (nSPS) is 27.4. The molecule has 82 heavy (non-hydrogen) atoms. The molecule has 2 aromatic heterocycles. The van der Waals surface area contributed by atoms with Crippen molar-refractivity contribution in [1.82, 2.24) is 35.0 Å². The first kappa shape index (κ1) is 56.0. The molecule has 4 unspecified atom stereocenters. The van der Waals surface area contributed by atoms with Crippen LogP contribution in [0.1, 0.15) is 132 Å². The molecule has 6 saturated heterocycles. The minimum Gasteiger partial charge on any atom is -0.508 e. The van der Waals surface area contributed by atoms with Gasteiger partial charge in [0.2, 0.25) is 17.7 Å². The maximum atomic E-state index is 15.4. The fourth-order valence-corrected chi connectivity index (χ4v) is 15.5. The molecule has 0 aliphatic carbocycles. The monoisotopic (exact) mass is 1120 g/mol. The number of aryl methyl sites for hydroxylation is 3. The van der Waals surface area contributed by atoms with E-state index in [0.29, 0.717) is 123 Å². The van der Waals surface area contributed by atoms with Gasteiger partial charge in [-0.3, -0.25) is 29.6 Å². The molecule has 0 radical (unpaired) electrons. The molecule has 7 aliphatic heterocycles. The van der Waals surface area contributed by atoms with E-state index in [-0.39, 0.29) is 59.4 Å². The van der Waals surface area contributed by atoms with Crippen LogP contribution in [0.2, 0.25) is 0 Å². The first-order valence-corrected chi connectivity index (χ1v) is 30.5. The van der Waals surface area contributed by atoms with E-state index in [0.717, 1.165) is 112 Å². The standard InChI is InChI=1S/C64H80FN9O8/c1-5-46-52(65)17-14-42-30-45(75)32-50(55(42)46)56-47(6-2)57-51(33-66-56)58(73-26-8-22-63(3,80)37-73)69-61(68-57)82-38-64-23-9-27-74(64)44(19-24-64)36-81-62(79)72-25-7-10-39(20-29-72)34-71-28-21-43(35-71)41-12-11-40-13-15-49(60(78)70(4)53(40)31-41)48-16-18-54(76)67-59(48)77/h11-12,14,17,30-33,39,43-44,48-49,75,80H,5-10,13,15-16,18-29,34-38H2,1-4H3,(H,67,76,77)/t39?,43?,44-,48?,49?,63+,64-/m0/s1. The molecule has 18 heteroatoms. The number of aliphatic hydroxyl groups is 1. The molecule has 4 amide bonds. The van der Waals surface area contributed by atoms with Crippen LogP contribution in [0.25, 0.3) is 32.9 Å². The second kappa shape index (κ2) is 22.9. The van der Waals surface area contributed by atoms with Gasteiger partial charge in [-0.15, -0.1) is 0 Å². The number of aromatic nitrogens is 3. The molecule has 7 aliphatic rings. The summed E-state index contributed by atoms with van der Waals surface area (Å²) in [6, 6.07) is 13.4. The number of piperidine rings is 2. The minimum absolute atomic E-state index is 0.0537. The Bertz CT molecular complexity index is 3300. The average Bonchev–Trinajstić information content (AvgIpc) is 3.89. The van der Waals surface area contributed by atoms with Gasteiger partial charge in [0.1, 0.15) is 30.6 Å². The van der Waals surface area contributed by atoms with Crippen LogP contribution in [0.15, 0.2) is 48.7 Å². The second-order valence-corrected chi connectivity index (χ2v) is 25.1. The van der Waals surface area contributed by atoms with Crippen molar-refractivity contribution in [1.29, 1.82) is 0 Å². The van der Waals surface area contributed by atoms with Crippen molar-refractivity contribution in [2.45, 2.75) is 147 Å². The minimum atomic E-state index is -0.912. The number of nitrogens with one attached hydrogen (secondary N) is 1.